The number of nitrogens with zero attached hydrogens (tertiary/aromatic N) is 1. The Labute approximate surface area is 114 Å². The Kier molecular flexibility index (Phi) is 3.28. The number of ketones is 1. The molecule has 2 nitrogen and oxygen atoms in total. The molecule has 0 atom stereocenters. The van der Waals surface area contributed by atoms with E-state index in [0.29, 0.717) is 5.52 Å². The minimum atomic E-state index is -5.93. The van der Waals surface area contributed by atoms with Gasteiger partial charge in [-0.2, -0.15) is 22.0 Å². The largest absolute Gasteiger partial charge is 0.461 e. The van der Waals surface area contributed by atoms with E-state index < -0.39 is 23.4 Å². The van der Waals surface area contributed by atoms with Gasteiger partial charge in [0.05, 0.1) is 0 Å². The first kappa shape index (κ1) is 14.8. The molecule has 0 spiro atoms. The number of carbonyl (C=O) groups excluding carboxylic acids is 1. The predicted octanol–water partition coefficient (Wildman–Crippen LogP) is 4.21. The molecule has 0 saturated carbocycles. The molecular weight excluding hydrogens is 305 g/mol. The van der Waals surface area contributed by atoms with Crippen molar-refractivity contribution in [3.8, 4) is 0 Å². The molecule has 1 heterocycles. The van der Waals surface area contributed by atoms with Gasteiger partial charge in [0.25, 0.3) is 0 Å². The Morgan fingerprint density at radius 3 is 2.35 bits per heavy atom. The maximum Gasteiger partial charge on any atom is 0.461 e. The van der Waals surface area contributed by atoms with E-state index in [4.69, 9.17) is 11.6 Å². The molecule has 0 radical (unpaired) electrons. The Balaban J connectivity index is 2.63. The maximum atomic E-state index is 13.1. The molecule has 8 heteroatoms. The van der Waals surface area contributed by atoms with Crippen LogP contribution in [0.4, 0.5) is 22.0 Å². The fourth-order valence-electron chi connectivity index (χ4n) is 1.84. The quantitative estimate of drug-likeness (QED) is 0.601. The van der Waals surface area contributed by atoms with Gasteiger partial charge in [-0.05, 0) is 12.1 Å². The lowest BCUT2D eigenvalue weighted by Crippen LogP contribution is -2.44. The molecule has 0 aliphatic carbocycles. The number of aryl methyl sites for hydroxylation is 1. The molecule has 2 rings (SSSR count). The van der Waals surface area contributed by atoms with Crippen molar-refractivity contribution < 1.29 is 26.7 Å². The summed E-state index contributed by atoms with van der Waals surface area (Å²) in [6.07, 6.45) is -5.00. The minimum Gasteiger partial charge on any atom is -0.350 e. The molecule has 0 N–H and O–H groups in total. The van der Waals surface area contributed by atoms with Crippen molar-refractivity contribution >= 4 is 28.3 Å². The SMILES string of the molecule is Cn1cc(C(=O)C(F)(F)C(F)(F)F)c2ccc(Cl)cc21. The van der Waals surface area contributed by atoms with Crippen molar-refractivity contribution in [3.05, 3.63) is 35.0 Å². The van der Waals surface area contributed by atoms with Crippen molar-refractivity contribution in [1.82, 2.24) is 4.57 Å². The van der Waals surface area contributed by atoms with Gasteiger partial charge in [0.15, 0.2) is 0 Å². The number of benzene rings is 1. The number of Topliss-reactive ketones (excluding diaryl/α,β-unsaturated/α-hetero) is 1. The predicted molar refractivity (Wildman–Crippen MR) is 63.3 cm³/mol. The van der Waals surface area contributed by atoms with Crippen LogP contribution in [0.5, 0.6) is 0 Å². The Bertz CT molecular complexity index is 689. The highest BCUT2D eigenvalue weighted by atomic mass is 35.5. The number of rotatable bonds is 2. The smallest absolute Gasteiger partial charge is 0.350 e. The highest BCUT2D eigenvalue weighted by Crippen LogP contribution is 2.39. The summed E-state index contributed by atoms with van der Waals surface area (Å²) in [6, 6.07) is 3.92. The number of hydrogen-bond acceptors (Lipinski definition) is 1. The van der Waals surface area contributed by atoms with Crippen LogP contribution in [-0.2, 0) is 7.05 Å². The Morgan fingerprint density at radius 2 is 1.80 bits per heavy atom. The fourth-order valence-corrected chi connectivity index (χ4v) is 2.00. The zero-order chi connectivity index (χ0) is 15.3. The van der Waals surface area contributed by atoms with Crippen LogP contribution in [0, 0.1) is 0 Å². The molecule has 1 aromatic heterocycles. The van der Waals surface area contributed by atoms with Crippen molar-refractivity contribution in [1.29, 1.82) is 0 Å². The van der Waals surface area contributed by atoms with Gasteiger partial charge in [0, 0.05) is 34.7 Å². The summed E-state index contributed by atoms with van der Waals surface area (Å²) in [6.45, 7) is 0. The molecule has 0 aliphatic heterocycles. The van der Waals surface area contributed by atoms with E-state index in [1.807, 2.05) is 0 Å². The minimum absolute atomic E-state index is 0.00850. The number of hydrogen-bond donors (Lipinski definition) is 0. The van der Waals surface area contributed by atoms with E-state index in [2.05, 4.69) is 0 Å². The average molecular weight is 312 g/mol. The van der Waals surface area contributed by atoms with E-state index in [1.165, 1.54) is 29.8 Å². The van der Waals surface area contributed by atoms with Gasteiger partial charge in [0.1, 0.15) is 0 Å². The van der Waals surface area contributed by atoms with Gasteiger partial charge in [-0.15, -0.1) is 0 Å². The van der Waals surface area contributed by atoms with Crippen LogP contribution in [0.15, 0.2) is 24.4 Å². The number of carbonyl (C=O) groups is 1. The van der Waals surface area contributed by atoms with Gasteiger partial charge >= 0.3 is 12.1 Å². The zero-order valence-corrected chi connectivity index (χ0v) is 10.7. The topological polar surface area (TPSA) is 22.0 Å². The summed E-state index contributed by atoms with van der Waals surface area (Å²) in [4.78, 5) is 11.5. The summed E-state index contributed by atoms with van der Waals surface area (Å²) in [5.41, 5.74) is -0.402. The molecule has 0 saturated heterocycles. The molecule has 0 unspecified atom stereocenters. The van der Waals surface area contributed by atoms with E-state index in [-0.39, 0.29) is 10.4 Å². The van der Waals surface area contributed by atoms with Gasteiger partial charge in [-0.1, -0.05) is 17.7 Å². The standard InChI is InChI=1S/C12H7ClF5NO/c1-19-5-8(7-3-2-6(13)4-9(7)19)10(20)11(14,15)12(16,17)18/h2-5H,1H3. The number of fused-ring (bicyclic) bond motifs is 1. The monoisotopic (exact) mass is 311 g/mol. The Hall–Kier alpha value is -1.63. The second kappa shape index (κ2) is 4.44. The van der Waals surface area contributed by atoms with E-state index in [0.717, 1.165) is 6.20 Å². The van der Waals surface area contributed by atoms with Crippen LogP contribution in [0.25, 0.3) is 10.9 Å². The van der Waals surface area contributed by atoms with E-state index in [1.54, 1.807) is 0 Å². The third-order valence-corrected chi connectivity index (χ3v) is 3.07. The van der Waals surface area contributed by atoms with Crippen LogP contribution in [-0.4, -0.2) is 22.4 Å². The summed E-state index contributed by atoms with van der Waals surface area (Å²) < 4.78 is 64.2. The zero-order valence-electron chi connectivity index (χ0n) is 9.93. The molecule has 1 aromatic carbocycles. The molecule has 2 aromatic rings. The molecule has 20 heavy (non-hydrogen) atoms. The molecule has 0 fully saturated rings. The molecular formula is C12H7ClF5NO. The van der Waals surface area contributed by atoms with Crippen LogP contribution in [0.2, 0.25) is 5.02 Å². The lowest BCUT2D eigenvalue weighted by atomic mass is 10.0. The lowest BCUT2D eigenvalue weighted by molar-refractivity contribution is -0.255. The van der Waals surface area contributed by atoms with Gasteiger partial charge in [0.2, 0.25) is 5.78 Å². The van der Waals surface area contributed by atoms with E-state index in [9.17, 15) is 26.7 Å². The third kappa shape index (κ3) is 2.15. The average Bonchev–Trinajstić information content (AvgIpc) is 2.64. The van der Waals surface area contributed by atoms with Crippen molar-refractivity contribution in [2.75, 3.05) is 0 Å². The van der Waals surface area contributed by atoms with Crippen LogP contribution >= 0.6 is 11.6 Å². The number of alkyl halides is 5. The molecule has 0 amide bonds. The van der Waals surface area contributed by atoms with Crippen LogP contribution < -0.4 is 0 Å². The normalized spacial score (nSPS) is 12.9. The Morgan fingerprint density at radius 1 is 1.20 bits per heavy atom. The van der Waals surface area contributed by atoms with Gasteiger partial charge in [-0.3, -0.25) is 4.79 Å². The summed E-state index contributed by atoms with van der Waals surface area (Å²) in [5.74, 6) is -7.71. The lowest BCUT2D eigenvalue weighted by Gasteiger charge is -2.17. The third-order valence-electron chi connectivity index (χ3n) is 2.84. The van der Waals surface area contributed by atoms with Crippen LogP contribution in [0.3, 0.4) is 0 Å². The van der Waals surface area contributed by atoms with Gasteiger partial charge in [-0.25, -0.2) is 0 Å². The van der Waals surface area contributed by atoms with Crippen molar-refractivity contribution in [2.24, 2.45) is 7.05 Å². The molecule has 0 bridgehead atoms. The highest BCUT2D eigenvalue weighted by Gasteiger charge is 2.63. The molecule has 0 aliphatic rings. The first-order valence-corrected chi connectivity index (χ1v) is 5.67. The van der Waals surface area contributed by atoms with Gasteiger partial charge < -0.3 is 4.57 Å². The van der Waals surface area contributed by atoms with Crippen LogP contribution in [0.1, 0.15) is 10.4 Å². The number of halogens is 6. The summed E-state index contributed by atoms with van der Waals surface area (Å²) in [7, 11) is 1.42. The summed E-state index contributed by atoms with van der Waals surface area (Å²) in [5, 5.41) is 0.270. The summed E-state index contributed by atoms with van der Waals surface area (Å²) >= 11 is 5.72. The van der Waals surface area contributed by atoms with E-state index >= 15 is 0 Å². The first-order valence-electron chi connectivity index (χ1n) is 5.29. The fraction of sp³-hybridized carbons (Fsp3) is 0.250. The first-order chi connectivity index (χ1) is 9.05. The molecule has 108 valence electrons. The number of aromatic nitrogens is 1. The van der Waals surface area contributed by atoms with Crippen molar-refractivity contribution in [3.63, 3.8) is 0 Å². The second-order valence-electron chi connectivity index (χ2n) is 4.22. The van der Waals surface area contributed by atoms with Crippen molar-refractivity contribution in [2.45, 2.75) is 12.1 Å². The second-order valence-corrected chi connectivity index (χ2v) is 4.65. The highest BCUT2D eigenvalue weighted by molar-refractivity contribution is 6.31. The maximum absolute atomic E-state index is 13.1.